The molecule has 0 bridgehead atoms. The second kappa shape index (κ2) is 10.0. The van der Waals surface area contributed by atoms with E-state index in [1.807, 2.05) is 0 Å². The monoisotopic (exact) mass is 450 g/mol. The Hall–Kier alpha value is -3.11. The van der Waals surface area contributed by atoms with Crippen LogP contribution >= 0.6 is 0 Å². The van der Waals surface area contributed by atoms with Gasteiger partial charge >= 0.3 is 12.1 Å². The molecule has 0 radical (unpaired) electrons. The summed E-state index contributed by atoms with van der Waals surface area (Å²) in [4.78, 5) is 37.1. The molecular formula is C22H26O10. The normalized spacial score (nSPS) is 27.9. The Labute approximate surface area is 184 Å². The second-order valence-electron chi connectivity index (χ2n) is 7.49. The maximum atomic E-state index is 12.7. The lowest BCUT2D eigenvalue weighted by atomic mass is 9.96. The van der Waals surface area contributed by atoms with E-state index in [-0.39, 0.29) is 30.8 Å². The number of fused-ring (bicyclic) bond motifs is 3. The van der Waals surface area contributed by atoms with E-state index in [1.54, 1.807) is 19.9 Å². The molecule has 3 rings (SSSR count). The minimum Gasteiger partial charge on any atom is -0.507 e. The minimum absolute atomic E-state index is 0.0461. The number of epoxide rings is 1. The average Bonchev–Trinajstić information content (AvgIpc) is 3.49. The van der Waals surface area contributed by atoms with Gasteiger partial charge in [0.15, 0.2) is 11.9 Å². The molecule has 10 heteroatoms. The Morgan fingerprint density at radius 3 is 2.72 bits per heavy atom. The number of esters is 1. The molecule has 0 aliphatic carbocycles. The summed E-state index contributed by atoms with van der Waals surface area (Å²) in [6.45, 7) is 3.25. The Bertz CT molecular complexity index is 908. The molecule has 0 amide bonds. The van der Waals surface area contributed by atoms with Crippen LogP contribution in [0, 0.1) is 0 Å². The third-order valence-electron chi connectivity index (χ3n) is 5.10. The van der Waals surface area contributed by atoms with Crippen molar-refractivity contribution in [3.8, 4) is 11.5 Å². The van der Waals surface area contributed by atoms with Crippen LogP contribution in [0.5, 0.6) is 11.5 Å². The fourth-order valence-corrected chi connectivity index (χ4v) is 3.49. The molecule has 5 atom stereocenters. The van der Waals surface area contributed by atoms with E-state index in [9.17, 15) is 24.6 Å². The molecule has 1 saturated heterocycles. The SMILES string of the molecule is CCOC(=O)O[C@@H]1C(=O)C=CC[C@H](C)OC(=O)c2c(O)cc(OC)cc2[C@H]2O[C@@H]2C[C@@H]1O. The van der Waals surface area contributed by atoms with Crippen molar-refractivity contribution in [2.45, 2.75) is 57.2 Å². The first-order valence-corrected chi connectivity index (χ1v) is 10.2. The first-order valence-electron chi connectivity index (χ1n) is 10.2. The molecular weight excluding hydrogens is 424 g/mol. The molecule has 32 heavy (non-hydrogen) atoms. The molecule has 2 heterocycles. The van der Waals surface area contributed by atoms with Crippen molar-refractivity contribution in [2.75, 3.05) is 13.7 Å². The van der Waals surface area contributed by atoms with Crippen LogP contribution in [0.3, 0.4) is 0 Å². The van der Waals surface area contributed by atoms with E-state index in [2.05, 4.69) is 0 Å². The number of hydrogen-bond donors (Lipinski definition) is 2. The summed E-state index contributed by atoms with van der Waals surface area (Å²) in [6.07, 6.45) is -3.14. The zero-order valence-electron chi connectivity index (χ0n) is 18.0. The van der Waals surface area contributed by atoms with Crippen molar-refractivity contribution in [1.82, 2.24) is 0 Å². The standard InChI is InChI=1S/C22H26O10/c1-4-29-22(27)32-20-14(23)7-5-6-11(2)30-21(26)18-13(8-12(28-3)9-15(18)24)19-17(31-19)10-16(20)25/h5,7-9,11,16-17,19-20,24-25H,4,6,10H2,1-3H3/t11-,16-,17+,19+,20+/m0/s1. The number of ketones is 1. The van der Waals surface area contributed by atoms with Crippen molar-refractivity contribution in [3.05, 3.63) is 35.4 Å². The highest BCUT2D eigenvalue weighted by Gasteiger charge is 2.46. The molecule has 10 nitrogen and oxygen atoms in total. The summed E-state index contributed by atoms with van der Waals surface area (Å²) < 4.78 is 26.0. The van der Waals surface area contributed by atoms with Gasteiger partial charge in [-0.05, 0) is 26.0 Å². The number of aliphatic hydroxyl groups is 1. The zero-order valence-corrected chi connectivity index (χ0v) is 18.0. The van der Waals surface area contributed by atoms with Crippen molar-refractivity contribution in [3.63, 3.8) is 0 Å². The van der Waals surface area contributed by atoms with Gasteiger partial charge < -0.3 is 33.9 Å². The minimum atomic E-state index is -1.49. The number of aliphatic hydroxyl groups excluding tert-OH is 1. The summed E-state index contributed by atoms with van der Waals surface area (Å²) in [5.41, 5.74) is 0.272. The largest absolute Gasteiger partial charge is 0.509 e. The lowest BCUT2D eigenvalue weighted by Crippen LogP contribution is -2.38. The first-order chi connectivity index (χ1) is 15.2. The van der Waals surface area contributed by atoms with Crippen molar-refractivity contribution in [1.29, 1.82) is 0 Å². The first kappa shape index (κ1) is 23.6. The average molecular weight is 450 g/mol. The van der Waals surface area contributed by atoms with E-state index < -0.39 is 48.4 Å². The Morgan fingerprint density at radius 2 is 2.03 bits per heavy atom. The van der Waals surface area contributed by atoms with E-state index in [0.29, 0.717) is 11.3 Å². The van der Waals surface area contributed by atoms with Crippen molar-refractivity contribution < 1.29 is 48.3 Å². The molecule has 2 aliphatic heterocycles. The van der Waals surface area contributed by atoms with Gasteiger partial charge in [0.2, 0.25) is 0 Å². The number of carbonyl (C=O) groups is 3. The van der Waals surface area contributed by atoms with Gasteiger partial charge in [-0.2, -0.15) is 0 Å². The summed E-state index contributed by atoms with van der Waals surface area (Å²) >= 11 is 0. The Kier molecular flexibility index (Phi) is 7.37. The van der Waals surface area contributed by atoms with E-state index >= 15 is 0 Å². The van der Waals surface area contributed by atoms with Crippen LogP contribution in [0.25, 0.3) is 0 Å². The zero-order chi connectivity index (χ0) is 23.4. The summed E-state index contributed by atoms with van der Waals surface area (Å²) in [7, 11) is 1.41. The number of hydrogen-bond acceptors (Lipinski definition) is 10. The fourth-order valence-electron chi connectivity index (χ4n) is 3.49. The van der Waals surface area contributed by atoms with Gasteiger partial charge in [-0.15, -0.1) is 0 Å². The quantitative estimate of drug-likeness (QED) is 0.520. The highest BCUT2D eigenvalue weighted by atomic mass is 16.7. The maximum absolute atomic E-state index is 12.7. The van der Waals surface area contributed by atoms with E-state index in [1.165, 1.54) is 19.3 Å². The van der Waals surface area contributed by atoms with Crippen molar-refractivity contribution in [2.24, 2.45) is 0 Å². The summed E-state index contributed by atoms with van der Waals surface area (Å²) in [5.74, 6) is -1.41. The van der Waals surface area contributed by atoms with Crippen molar-refractivity contribution >= 4 is 17.9 Å². The predicted molar refractivity (Wildman–Crippen MR) is 108 cm³/mol. The predicted octanol–water partition coefficient (Wildman–Crippen LogP) is 2.21. The van der Waals surface area contributed by atoms with Gasteiger partial charge in [-0.3, -0.25) is 4.79 Å². The van der Waals surface area contributed by atoms with Crippen LogP contribution in [-0.4, -0.2) is 66.3 Å². The summed E-state index contributed by atoms with van der Waals surface area (Å²) in [5, 5.41) is 21.1. The van der Waals surface area contributed by atoms with E-state index in [0.717, 1.165) is 6.08 Å². The molecule has 0 aromatic heterocycles. The molecule has 1 aromatic carbocycles. The van der Waals surface area contributed by atoms with Gasteiger partial charge in [0.05, 0.1) is 19.8 Å². The number of aromatic hydroxyl groups is 1. The number of carbonyl (C=O) groups excluding carboxylic acids is 3. The second-order valence-corrected chi connectivity index (χ2v) is 7.49. The van der Waals surface area contributed by atoms with Gasteiger partial charge in [-0.1, -0.05) is 6.08 Å². The van der Waals surface area contributed by atoms with Crippen LogP contribution < -0.4 is 4.74 Å². The maximum Gasteiger partial charge on any atom is 0.509 e. The molecule has 0 spiro atoms. The molecule has 1 aromatic rings. The molecule has 2 N–H and O–H groups in total. The Morgan fingerprint density at radius 1 is 1.28 bits per heavy atom. The highest BCUT2D eigenvalue weighted by molar-refractivity contribution is 5.96. The fraction of sp³-hybridized carbons (Fsp3) is 0.500. The van der Waals surface area contributed by atoms with Gasteiger partial charge in [0, 0.05) is 24.5 Å². The van der Waals surface area contributed by atoms with Crippen LogP contribution in [0.15, 0.2) is 24.3 Å². The number of methoxy groups -OCH3 is 1. The molecule has 2 aliphatic rings. The van der Waals surface area contributed by atoms with Crippen LogP contribution in [0.4, 0.5) is 4.79 Å². The third kappa shape index (κ3) is 5.38. The Balaban J connectivity index is 1.94. The molecule has 1 fully saturated rings. The molecule has 0 saturated carbocycles. The van der Waals surface area contributed by atoms with Crippen LogP contribution in [0.2, 0.25) is 0 Å². The third-order valence-corrected chi connectivity index (χ3v) is 5.10. The number of phenolic OH excluding ortho intramolecular Hbond substituents is 1. The summed E-state index contributed by atoms with van der Waals surface area (Å²) in [6, 6.07) is 2.84. The van der Waals surface area contributed by atoms with Gasteiger partial charge in [0.1, 0.15) is 35.4 Å². The number of cyclic esters (lactones) is 1. The van der Waals surface area contributed by atoms with Crippen LogP contribution in [-0.2, 0) is 23.7 Å². The lowest BCUT2D eigenvalue weighted by molar-refractivity contribution is -0.130. The smallest absolute Gasteiger partial charge is 0.507 e. The van der Waals surface area contributed by atoms with E-state index in [4.69, 9.17) is 23.7 Å². The number of ether oxygens (including phenoxy) is 5. The van der Waals surface area contributed by atoms with Gasteiger partial charge in [0.25, 0.3) is 0 Å². The molecule has 174 valence electrons. The number of phenols is 1. The highest BCUT2D eigenvalue weighted by Crippen LogP contribution is 2.46. The number of rotatable bonds is 3. The van der Waals surface area contributed by atoms with Gasteiger partial charge in [-0.25, -0.2) is 9.59 Å². The number of benzene rings is 1. The topological polar surface area (TPSA) is 141 Å². The molecule has 0 unspecified atom stereocenters. The lowest BCUT2D eigenvalue weighted by Gasteiger charge is -2.20. The van der Waals surface area contributed by atoms with Crippen LogP contribution in [0.1, 0.15) is 48.7 Å².